The van der Waals surface area contributed by atoms with Gasteiger partial charge >= 0.3 is 0 Å². The number of carbonyl (C=O) groups is 1. The fourth-order valence-electron chi connectivity index (χ4n) is 3.04. The number of hydrogen-bond donors (Lipinski definition) is 2. The Hall–Kier alpha value is -1.53. The molecule has 0 spiro atoms. The van der Waals surface area contributed by atoms with Crippen LogP contribution in [0, 0.1) is 17.6 Å². The zero-order chi connectivity index (χ0) is 17.5. The molecule has 6 heteroatoms. The largest absolute Gasteiger partial charge is 0.387 e. The van der Waals surface area contributed by atoms with Crippen molar-refractivity contribution in [2.75, 3.05) is 26.2 Å². The van der Waals surface area contributed by atoms with Gasteiger partial charge in [0.25, 0.3) is 0 Å². The fraction of sp³-hybridized carbons (Fsp3) is 0.611. The second-order valence-electron chi connectivity index (χ2n) is 6.43. The number of amides is 1. The Labute approximate surface area is 141 Å². The van der Waals surface area contributed by atoms with E-state index >= 15 is 0 Å². The molecule has 4 nitrogen and oxygen atoms in total. The van der Waals surface area contributed by atoms with Gasteiger partial charge in [0.15, 0.2) is 11.6 Å². The summed E-state index contributed by atoms with van der Waals surface area (Å²) in [5, 5.41) is 13.2. The molecule has 2 unspecified atom stereocenters. The van der Waals surface area contributed by atoms with Crippen molar-refractivity contribution in [1.82, 2.24) is 10.2 Å². The molecule has 24 heavy (non-hydrogen) atoms. The number of carbonyl (C=O) groups excluding carboxylic acids is 1. The summed E-state index contributed by atoms with van der Waals surface area (Å²) in [4.78, 5) is 14.2. The van der Waals surface area contributed by atoms with Crippen molar-refractivity contribution < 1.29 is 18.7 Å². The van der Waals surface area contributed by atoms with Crippen molar-refractivity contribution in [3.8, 4) is 0 Å². The Balaban J connectivity index is 1.87. The van der Waals surface area contributed by atoms with E-state index in [1.165, 1.54) is 6.07 Å². The lowest BCUT2D eigenvalue weighted by Gasteiger charge is -2.33. The number of piperidine rings is 1. The van der Waals surface area contributed by atoms with Gasteiger partial charge in [-0.2, -0.15) is 0 Å². The summed E-state index contributed by atoms with van der Waals surface area (Å²) < 4.78 is 26.3. The first kappa shape index (κ1) is 18.8. The molecule has 1 saturated heterocycles. The number of likely N-dealkylation sites (tertiary alicyclic amines) is 1. The molecule has 2 atom stereocenters. The average Bonchev–Trinajstić information content (AvgIpc) is 2.57. The molecule has 2 N–H and O–H groups in total. The van der Waals surface area contributed by atoms with Gasteiger partial charge < -0.3 is 10.4 Å². The van der Waals surface area contributed by atoms with Crippen LogP contribution in [0.3, 0.4) is 0 Å². The van der Waals surface area contributed by atoms with Gasteiger partial charge in [0.1, 0.15) is 0 Å². The highest BCUT2D eigenvalue weighted by atomic mass is 19.2. The summed E-state index contributed by atoms with van der Waals surface area (Å²) in [6.45, 7) is 4.46. The molecular weight excluding hydrogens is 314 g/mol. The summed E-state index contributed by atoms with van der Waals surface area (Å²) in [7, 11) is 0. The van der Waals surface area contributed by atoms with Gasteiger partial charge in [-0.15, -0.1) is 0 Å². The molecule has 1 aliphatic rings. The van der Waals surface area contributed by atoms with Crippen LogP contribution >= 0.6 is 0 Å². The number of halogens is 2. The molecule has 0 bridgehead atoms. The molecule has 1 aliphatic heterocycles. The predicted octanol–water partition coefficient (Wildman–Crippen LogP) is 2.63. The van der Waals surface area contributed by atoms with Crippen LogP contribution in [-0.2, 0) is 4.79 Å². The van der Waals surface area contributed by atoms with Crippen molar-refractivity contribution in [3.63, 3.8) is 0 Å². The van der Waals surface area contributed by atoms with Gasteiger partial charge in [0.2, 0.25) is 5.91 Å². The number of aliphatic hydroxyl groups excluding tert-OH is 1. The van der Waals surface area contributed by atoms with E-state index in [9.17, 15) is 18.7 Å². The molecule has 1 heterocycles. The van der Waals surface area contributed by atoms with Crippen LogP contribution in [0.4, 0.5) is 8.78 Å². The molecule has 0 aliphatic carbocycles. The van der Waals surface area contributed by atoms with Crippen LogP contribution in [0.15, 0.2) is 18.2 Å². The monoisotopic (exact) mass is 340 g/mol. The predicted molar refractivity (Wildman–Crippen MR) is 88.4 cm³/mol. The lowest BCUT2D eigenvalue weighted by Crippen LogP contribution is -2.44. The Kier molecular flexibility index (Phi) is 7.12. The first-order valence-corrected chi connectivity index (χ1v) is 8.64. The van der Waals surface area contributed by atoms with Gasteiger partial charge in [0, 0.05) is 19.6 Å². The van der Waals surface area contributed by atoms with Crippen LogP contribution in [0.5, 0.6) is 0 Å². The molecule has 134 valence electrons. The molecular formula is C18H26F2N2O2. The van der Waals surface area contributed by atoms with Gasteiger partial charge in [0.05, 0.1) is 12.0 Å². The maximum Gasteiger partial charge on any atom is 0.224 e. The number of hydrogen-bond acceptors (Lipinski definition) is 3. The molecule has 0 radical (unpaired) electrons. The molecule has 0 saturated carbocycles. The van der Waals surface area contributed by atoms with Crippen molar-refractivity contribution in [3.05, 3.63) is 35.4 Å². The van der Waals surface area contributed by atoms with E-state index in [1.54, 1.807) is 0 Å². The maximum absolute atomic E-state index is 13.3. The van der Waals surface area contributed by atoms with Crippen LogP contribution in [0.1, 0.15) is 44.3 Å². The Morgan fingerprint density at radius 3 is 2.92 bits per heavy atom. The van der Waals surface area contributed by atoms with E-state index in [0.29, 0.717) is 25.2 Å². The normalized spacial score (nSPS) is 19.9. The van der Waals surface area contributed by atoms with E-state index < -0.39 is 17.7 Å². The van der Waals surface area contributed by atoms with E-state index in [0.717, 1.165) is 44.4 Å². The number of nitrogens with zero attached hydrogens (tertiary/aromatic N) is 1. The van der Waals surface area contributed by atoms with E-state index in [4.69, 9.17) is 0 Å². The lowest BCUT2D eigenvalue weighted by atomic mass is 9.96. The number of rotatable bonds is 7. The van der Waals surface area contributed by atoms with Crippen LogP contribution < -0.4 is 5.32 Å². The lowest BCUT2D eigenvalue weighted by molar-refractivity contribution is -0.126. The maximum atomic E-state index is 13.3. The van der Waals surface area contributed by atoms with Gasteiger partial charge in [-0.05, 0) is 43.5 Å². The van der Waals surface area contributed by atoms with Gasteiger partial charge in [-0.3, -0.25) is 9.69 Å². The van der Waals surface area contributed by atoms with Gasteiger partial charge in [-0.25, -0.2) is 8.78 Å². The van der Waals surface area contributed by atoms with Gasteiger partial charge in [-0.1, -0.05) is 19.4 Å². The molecule has 2 rings (SSSR count). The highest BCUT2D eigenvalue weighted by Crippen LogP contribution is 2.22. The van der Waals surface area contributed by atoms with E-state index in [-0.39, 0.29) is 11.8 Å². The second kappa shape index (κ2) is 9.08. The smallest absolute Gasteiger partial charge is 0.224 e. The zero-order valence-electron chi connectivity index (χ0n) is 14.1. The summed E-state index contributed by atoms with van der Waals surface area (Å²) >= 11 is 0. The van der Waals surface area contributed by atoms with Crippen LogP contribution in [-0.4, -0.2) is 42.1 Å². The number of unbranched alkanes of at least 4 members (excludes halogenated alkanes) is 1. The van der Waals surface area contributed by atoms with E-state index in [2.05, 4.69) is 12.2 Å². The van der Waals surface area contributed by atoms with Crippen LogP contribution in [0.2, 0.25) is 0 Å². The quantitative estimate of drug-likeness (QED) is 0.750. The minimum absolute atomic E-state index is 0.0652. The summed E-state index contributed by atoms with van der Waals surface area (Å²) in [6.07, 6.45) is 2.84. The molecule has 1 fully saturated rings. The fourth-order valence-corrected chi connectivity index (χ4v) is 3.04. The minimum atomic E-state index is -0.960. The highest BCUT2D eigenvalue weighted by Gasteiger charge is 2.27. The third-order valence-corrected chi connectivity index (χ3v) is 4.47. The molecule has 1 aromatic rings. The highest BCUT2D eigenvalue weighted by molar-refractivity contribution is 5.78. The van der Waals surface area contributed by atoms with Crippen LogP contribution in [0.25, 0.3) is 0 Å². The van der Waals surface area contributed by atoms with Crippen molar-refractivity contribution in [1.29, 1.82) is 0 Å². The summed E-state index contributed by atoms with van der Waals surface area (Å²) in [5.74, 6) is -1.89. The first-order valence-electron chi connectivity index (χ1n) is 8.64. The number of aliphatic hydroxyl groups is 1. The Morgan fingerprint density at radius 2 is 2.21 bits per heavy atom. The Morgan fingerprint density at radius 1 is 1.42 bits per heavy atom. The second-order valence-corrected chi connectivity index (χ2v) is 6.43. The van der Waals surface area contributed by atoms with Crippen molar-refractivity contribution in [2.24, 2.45) is 5.92 Å². The summed E-state index contributed by atoms with van der Waals surface area (Å²) in [5.41, 5.74) is 0.350. The van der Waals surface area contributed by atoms with E-state index in [1.807, 2.05) is 4.90 Å². The van der Waals surface area contributed by atoms with Crippen molar-refractivity contribution >= 4 is 5.91 Å². The topological polar surface area (TPSA) is 52.6 Å². The molecule has 1 aromatic carbocycles. The zero-order valence-corrected chi connectivity index (χ0v) is 14.1. The average molecular weight is 340 g/mol. The molecule has 1 amide bonds. The SMILES string of the molecule is CCCCNC(=O)C1CCCN(CC(O)c2ccc(F)c(F)c2)C1. The first-order chi connectivity index (χ1) is 11.5. The number of benzene rings is 1. The molecule has 0 aromatic heterocycles. The Bertz CT molecular complexity index is 554. The number of nitrogens with one attached hydrogen (secondary N) is 1. The third kappa shape index (κ3) is 5.24. The third-order valence-electron chi connectivity index (χ3n) is 4.47. The van der Waals surface area contributed by atoms with Crippen molar-refractivity contribution in [2.45, 2.75) is 38.7 Å². The summed E-state index contributed by atoms with van der Waals surface area (Å²) in [6, 6.07) is 3.44. The standard InChI is InChI=1S/C18H26F2N2O2/c1-2-3-8-21-18(24)14-5-4-9-22(11-14)12-17(23)13-6-7-15(19)16(20)10-13/h6-7,10,14,17,23H,2-5,8-9,11-12H2,1H3,(H,21,24). The minimum Gasteiger partial charge on any atom is -0.387 e. The number of β-amino-alcohol motifs (C(OH)–C–C–N with tert-alkyl or cyclic N) is 1.